The van der Waals surface area contributed by atoms with Gasteiger partial charge >= 0.3 is 5.69 Å². The molecule has 1 aromatic rings. The zero-order valence-corrected chi connectivity index (χ0v) is 10.7. The van der Waals surface area contributed by atoms with Crippen molar-refractivity contribution in [1.29, 1.82) is 0 Å². The summed E-state index contributed by atoms with van der Waals surface area (Å²) in [5.41, 5.74) is -0.550. The molecule has 1 fully saturated rings. The van der Waals surface area contributed by atoms with Gasteiger partial charge in [0.25, 0.3) is 5.56 Å². The first kappa shape index (κ1) is 12.7. The maximum absolute atomic E-state index is 12.2. The molecule has 18 heavy (non-hydrogen) atoms. The van der Waals surface area contributed by atoms with Gasteiger partial charge in [-0.1, -0.05) is 12.5 Å². The van der Waals surface area contributed by atoms with E-state index >= 15 is 0 Å². The summed E-state index contributed by atoms with van der Waals surface area (Å²) in [5, 5.41) is 10.1. The van der Waals surface area contributed by atoms with Gasteiger partial charge in [0.2, 0.25) is 5.88 Å². The van der Waals surface area contributed by atoms with Crippen LogP contribution in [0.5, 0.6) is 5.88 Å². The molecule has 98 valence electrons. The second-order valence-corrected chi connectivity index (χ2v) is 4.88. The molecule has 0 amide bonds. The van der Waals surface area contributed by atoms with Crippen molar-refractivity contribution < 1.29 is 5.11 Å². The van der Waals surface area contributed by atoms with Crippen LogP contribution in [0.1, 0.15) is 30.7 Å². The highest BCUT2D eigenvalue weighted by Crippen LogP contribution is 2.41. The van der Waals surface area contributed by atoms with E-state index in [2.05, 4.69) is 6.58 Å². The van der Waals surface area contributed by atoms with Crippen LogP contribution in [0.3, 0.4) is 0 Å². The Morgan fingerprint density at radius 3 is 2.56 bits per heavy atom. The highest BCUT2D eigenvalue weighted by atomic mass is 16.3. The predicted molar refractivity (Wildman–Crippen MR) is 68.9 cm³/mol. The maximum Gasteiger partial charge on any atom is 0.333 e. The molecule has 1 aliphatic carbocycles. The Kier molecular flexibility index (Phi) is 3.15. The van der Waals surface area contributed by atoms with Crippen molar-refractivity contribution in [2.75, 3.05) is 0 Å². The van der Waals surface area contributed by atoms with Crippen molar-refractivity contribution >= 4 is 0 Å². The average Bonchev–Trinajstić information content (AvgIpc) is 2.82. The van der Waals surface area contributed by atoms with Crippen LogP contribution in [0, 0.1) is 5.92 Å². The lowest BCUT2D eigenvalue weighted by Crippen LogP contribution is -2.39. The molecule has 0 spiro atoms. The third kappa shape index (κ3) is 1.70. The lowest BCUT2D eigenvalue weighted by atomic mass is 9.90. The Morgan fingerprint density at radius 1 is 1.28 bits per heavy atom. The lowest BCUT2D eigenvalue weighted by molar-refractivity contribution is 0.390. The summed E-state index contributed by atoms with van der Waals surface area (Å²) in [6.07, 6.45) is 4.66. The second-order valence-electron chi connectivity index (χ2n) is 4.88. The van der Waals surface area contributed by atoms with Gasteiger partial charge in [-0.25, -0.2) is 4.79 Å². The van der Waals surface area contributed by atoms with Crippen LogP contribution < -0.4 is 11.2 Å². The molecule has 1 aliphatic rings. The van der Waals surface area contributed by atoms with Crippen LogP contribution >= 0.6 is 0 Å². The van der Waals surface area contributed by atoms with E-state index in [1.54, 1.807) is 0 Å². The first-order valence-electron chi connectivity index (χ1n) is 6.10. The quantitative estimate of drug-likeness (QED) is 0.792. The van der Waals surface area contributed by atoms with Gasteiger partial charge in [0.15, 0.2) is 0 Å². The summed E-state index contributed by atoms with van der Waals surface area (Å²) in [6, 6.07) is 0. The molecule has 0 bridgehead atoms. The van der Waals surface area contributed by atoms with Gasteiger partial charge in [-0.3, -0.25) is 13.9 Å². The van der Waals surface area contributed by atoms with Crippen LogP contribution in [0.2, 0.25) is 0 Å². The van der Waals surface area contributed by atoms with E-state index in [4.69, 9.17) is 0 Å². The molecule has 1 saturated carbocycles. The molecule has 0 aromatic carbocycles. The lowest BCUT2D eigenvalue weighted by Gasteiger charge is -2.19. The highest BCUT2D eigenvalue weighted by molar-refractivity contribution is 5.29. The molecule has 0 unspecified atom stereocenters. The fourth-order valence-corrected chi connectivity index (χ4v) is 2.81. The van der Waals surface area contributed by atoms with Gasteiger partial charge in [-0.05, 0) is 18.8 Å². The van der Waals surface area contributed by atoms with Gasteiger partial charge in [0.1, 0.15) is 0 Å². The van der Waals surface area contributed by atoms with E-state index in [0.29, 0.717) is 5.56 Å². The number of hydrogen-bond donors (Lipinski definition) is 1. The van der Waals surface area contributed by atoms with Crippen LogP contribution in [-0.2, 0) is 14.1 Å². The molecular weight excluding hydrogens is 232 g/mol. The maximum atomic E-state index is 12.2. The molecule has 0 radical (unpaired) electrons. The summed E-state index contributed by atoms with van der Waals surface area (Å²) in [5.74, 6) is -0.0454. The Hall–Kier alpha value is -1.78. The molecule has 1 N–H and O–H groups in total. The van der Waals surface area contributed by atoms with Gasteiger partial charge in [0, 0.05) is 20.0 Å². The van der Waals surface area contributed by atoms with Crippen LogP contribution in [0.15, 0.2) is 22.2 Å². The van der Waals surface area contributed by atoms with Crippen LogP contribution in [0.4, 0.5) is 0 Å². The molecule has 2 rings (SSSR count). The molecular formula is C13H18N2O3. The number of aromatic nitrogens is 2. The molecule has 5 nitrogen and oxygen atoms in total. The number of allylic oxidation sites excluding steroid dienone is 1. The minimum Gasteiger partial charge on any atom is -0.494 e. The zero-order valence-electron chi connectivity index (χ0n) is 10.7. The van der Waals surface area contributed by atoms with Gasteiger partial charge in [0.05, 0.1) is 5.56 Å². The fraction of sp³-hybridized carbons (Fsp3) is 0.538. The summed E-state index contributed by atoms with van der Waals surface area (Å²) < 4.78 is 2.17. The normalized spacial score (nSPS) is 23.2. The van der Waals surface area contributed by atoms with Crippen molar-refractivity contribution in [2.24, 2.45) is 20.0 Å². The van der Waals surface area contributed by atoms with Gasteiger partial charge in [-0.2, -0.15) is 0 Å². The van der Waals surface area contributed by atoms with Crippen molar-refractivity contribution in [1.82, 2.24) is 9.13 Å². The summed E-state index contributed by atoms with van der Waals surface area (Å²) in [6.45, 7) is 3.78. The Morgan fingerprint density at radius 2 is 1.94 bits per heavy atom. The van der Waals surface area contributed by atoms with Gasteiger partial charge in [-0.15, -0.1) is 6.58 Å². The average molecular weight is 250 g/mol. The third-order valence-corrected chi connectivity index (χ3v) is 3.91. The van der Waals surface area contributed by atoms with E-state index < -0.39 is 11.2 Å². The van der Waals surface area contributed by atoms with E-state index in [-0.39, 0.29) is 17.7 Å². The summed E-state index contributed by atoms with van der Waals surface area (Å²) in [4.78, 5) is 23.8. The summed E-state index contributed by atoms with van der Waals surface area (Å²) in [7, 11) is 2.91. The monoisotopic (exact) mass is 250 g/mol. The minimum absolute atomic E-state index is 0.0343. The smallest absolute Gasteiger partial charge is 0.333 e. The topological polar surface area (TPSA) is 64.2 Å². The van der Waals surface area contributed by atoms with E-state index in [1.165, 1.54) is 14.1 Å². The van der Waals surface area contributed by atoms with Crippen LogP contribution in [0.25, 0.3) is 0 Å². The molecule has 1 heterocycles. The van der Waals surface area contributed by atoms with Gasteiger partial charge < -0.3 is 5.11 Å². The largest absolute Gasteiger partial charge is 0.494 e. The van der Waals surface area contributed by atoms with Crippen molar-refractivity contribution in [3.8, 4) is 5.88 Å². The first-order chi connectivity index (χ1) is 8.49. The number of hydrogen-bond acceptors (Lipinski definition) is 3. The Bertz CT molecular complexity index is 597. The SMILES string of the molecule is C=C[C@H]1CCC[C@@H]1c1c(O)n(C)c(=O)n(C)c1=O. The zero-order chi connectivity index (χ0) is 13.4. The third-order valence-electron chi connectivity index (χ3n) is 3.91. The summed E-state index contributed by atoms with van der Waals surface area (Å²) >= 11 is 0. The Labute approximate surface area is 105 Å². The molecule has 0 saturated heterocycles. The fourth-order valence-electron chi connectivity index (χ4n) is 2.81. The van der Waals surface area contributed by atoms with E-state index in [1.807, 2.05) is 6.08 Å². The molecule has 0 aliphatic heterocycles. The van der Waals surface area contributed by atoms with E-state index in [9.17, 15) is 14.7 Å². The predicted octanol–water partition coefficient (Wildman–Crippen LogP) is 0.859. The van der Waals surface area contributed by atoms with Crippen molar-refractivity contribution in [3.63, 3.8) is 0 Å². The highest BCUT2D eigenvalue weighted by Gasteiger charge is 2.32. The first-order valence-corrected chi connectivity index (χ1v) is 6.10. The molecule has 1 aromatic heterocycles. The van der Waals surface area contributed by atoms with Crippen LogP contribution in [-0.4, -0.2) is 14.2 Å². The molecule has 2 atom stereocenters. The molecule has 5 heteroatoms. The van der Waals surface area contributed by atoms with E-state index in [0.717, 1.165) is 28.4 Å². The number of nitrogens with zero attached hydrogens (tertiary/aromatic N) is 2. The standard InChI is InChI=1S/C13H18N2O3/c1-4-8-6-5-7-9(8)10-11(16)14(2)13(18)15(3)12(10)17/h4,8-9,16H,1,5-7H2,2-3H3/t8-,9-/m0/s1. The number of aromatic hydroxyl groups is 1. The van der Waals surface area contributed by atoms with Crippen molar-refractivity contribution in [2.45, 2.75) is 25.2 Å². The second kappa shape index (κ2) is 4.48. The number of rotatable bonds is 2. The Balaban J connectivity index is 2.68. The minimum atomic E-state index is -0.505. The van der Waals surface area contributed by atoms with Crippen molar-refractivity contribution in [3.05, 3.63) is 39.1 Å².